The Balaban J connectivity index is 0.000000360. The number of nitrogens with zero attached hydrogens (tertiary/aromatic N) is 4. The molecule has 0 aromatic carbocycles. The topological polar surface area (TPSA) is 104 Å². The van der Waals surface area contributed by atoms with E-state index in [1.807, 2.05) is 19.4 Å². The number of piperidine rings is 1. The molecule has 1 aliphatic heterocycles. The first-order chi connectivity index (χ1) is 15.1. The van der Waals surface area contributed by atoms with Crippen LogP contribution >= 0.6 is 11.6 Å². The summed E-state index contributed by atoms with van der Waals surface area (Å²) in [6.45, 7) is 2.17. The number of aromatic amines is 1. The number of halogens is 4. The average Bonchev–Trinajstić information content (AvgIpc) is 3.35. The second kappa shape index (κ2) is 9.70. The zero-order valence-corrected chi connectivity index (χ0v) is 17.8. The number of aliphatic carboxylic acids is 1. The number of H-pyrrole nitrogens is 1. The highest BCUT2D eigenvalue weighted by Crippen LogP contribution is 2.28. The largest absolute Gasteiger partial charge is 0.490 e. The maximum absolute atomic E-state index is 12.8. The molecule has 3 aromatic heterocycles. The second-order valence-electron chi connectivity index (χ2n) is 7.42. The third-order valence-corrected chi connectivity index (χ3v) is 5.48. The summed E-state index contributed by atoms with van der Waals surface area (Å²) in [6.07, 6.45) is 4.25. The summed E-state index contributed by atoms with van der Waals surface area (Å²) in [4.78, 5) is 35.7. The van der Waals surface area contributed by atoms with Crippen LogP contribution in [0.3, 0.4) is 0 Å². The van der Waals surface area contributed by atoms with E-state index in [4.69, 9.17) is 21.5 Å². The van der Waals surface area contributed by atoms with E-state index in [1.54, 1.807) is 18.5 Å². The van der Waals surface area contributed by atoms with Crippen LogP contribution in [0, 0.1) is 0 Å². The van der Waals surface area contributed by atoms with Gasteiger partial charge in [-0.3, -0.25) is 9.69 Å². The highest BCUT2D eigenvalue weighted by Gasteiger charge is 2.38. The minimum atomic E-state index is -5.08. The molecule has 2 N–H and O–H groups in total. The molecule has 3 aromatic rings. The molecule has 4 rings (SSSR count). The van der Waals surface area contributed by atoms with Crippen molar-refractivity contribution in [3.05, 3.63) is 47.3 Å². The van der Waals surface area contributed by atoms with Crippen LogP contribution in [0.1, 0.15) is 34.9 Å². The van der Waals surface area contributed by atoms with Crippen LogP contribution in [0.5, 0.6) is 0 Å². The van der Waals surface area contributed by atoms with Crippen LogP contribution in [0.25, 0.3) is 11.0 Å². The van der Waals surface area contributed by atoms with Gasteiger partial charge in [0.05, 0.1) is 11.6 Å². The zero-order chi connectivity index (χ0) is 23.5. The number of nitrogens with one attached hydrogen (secondary N) is 1. The number of alkyl halides is 3. The molecular weight excluding hydrogens is 451 g/mol. The first kappa shape index (κ1) is 23.7. The van der Waals surface area contributed by atoms with Gasteiger partial charge in [-0.1, -0.05) is 11.6 Å². The van der Waals surface area contributed by atoms with Crippen LogP contribution in [0.4, 0.5) is 13.2 Å². The van der Waals surface area contributed by atoms with E-state index in [9.17, 15) is 18.0 Å². The van der Waals surface area contributed by atoms with E-state index in [2.05, 4.69) is 24.4 Å². The Morgan fingerprint density at radius 1 is 1.31 bits per heavy atom. The van der Waals surface area contributed by atoms with Crippen molar-refractivity contribution < 1.29 is 27.9 Å². The van der Waals surface area contributed by atoms with Crippen molar-refractivity contribution in [3.8, 4) is 0 Å². The number of fused-ring (bicyclic) bond motifs is 1. The number of ketones is 1. The highest BCUT2D eigenvalue weighted by molar-refractivity contribution is 6.36. The van der Waals surface area contributed by atoms with Crippen molar-refractivity contribution in [2.45, 2.75) is 24.9 Å². The first-order valence-corrected chi connectivity index (χ1v) is 10.1. The van der Waals surface area contributed by atoms with Gasteiger partial charge in [-0.15, -0.1) is 0 Å². The zero-order valence-electron chi connectivity index (χ0n) is 17.1. The molecule has 1 aliphatic rings. The van der Waals surface area contributed by atoms with Crippen molar-refractivity contribution in [1.82, 2.24) is 24.4 Å². The number of rotatable bonds is 4. The standard InChI is InChI=1S/C18H20ClN5O.C2HF3O2/c1-23-8-6-21-18(23)12-3-2-7-24(10-12)11-15(25)13-9-22-17-16(13)14(19)4-5-20-17;3-2(4,5)1(6)7/h4-6,8-9,12H,2-3,7,10-11H2,1H3,(H,20,22);(H,6,7). The number of carbonyl (C=O) groups excluding carboxylic acids is 1. The van der Waals surface area contributed by atoms with Gasteiger partial charge in [0, 0.05) is 55.2 Å². The molecule has 32 heavy (non-hydrogen) atoms. The molecule has 1 saturated heterocycles. The number of likely N-dealkylation sites (tertiary alicyclic amines) is 1. The predicted molar refractivity (Wildman–Crippen MR) is 111 cm³/mol. The Morgan fingerprint density at radius 3 is 2.66 bits per heavy atom. The maximum Gasteiger partial charge on any atom is 0.490 e. The molecule has 0 saturated carbocycles. The summed E-state index contributed by atoms with van der Waals surface area (Å²) in [6, 6.07) is 1.71. The fourth-order valence-electron chi connectivity index (χ4n) is 3.71. The number of pyridine rings is 1. The smallest absolute Gasteiger partial charge is 0.475 e. The van der Waals surface area contributed by atoms with Crippen molar-refractivity contribution in [2.75, 3.05) is 19.6 Å². The summed E-state index contributed by atoms with van der Waals surface area (Å²) in [5, 5.41) is 8.39. The molecule has 1 atom stereocenters. The van der Waals surface area contributed by atoms with Gasteiger partial charge < -0.3 is 14.7 Å². The minimum Gasteiger partial charge on any atom is -0.475 e. The second-order valence-corrected chi connectivity index (χ2v) is 7.82. The lowest BCUT2D eigenvalue weighted by atomic mass is 9.96. The van der Waals surface area contributed by atoms with Crippen LogP contribution in [0.15, 0.2) is 30.9 Å². The van der Waals surface area contributed by atoms with Crippen molar-refractivity contribution >= 4 is 34.4 Å². The van der Waals surface area contributed by atoms with Gasteiger partial charge in [0.25, 0.3) is 0 Å². The maximum atomic E-state index is 12.8. The molecular formula is C20H21ClF3N5O3. The van der Waals surface area contributed by atoms with E-state index in [0.717, 1.165) is 31.8 Å². The molecule has 12 heteroatoms. The number of aryl methyl sites for hydroxylation is 1. The number of Topliss-reactive ketones (excluding diaryl/α,β-unsaturated/α-hetero) is 1. The Bertz CT molecular complexity index is 1110. The van der Waals surface area contributed by atoms with Gasteiger partial charge in [-0.25, -0.2) is 14.8 Å². The molecule has 0 radical (unpaired) electrons. The molecule has 0 bridgehead atoms. The first-order valence-electron chi connectivity index (χ1n) is 9.72. The number of hydrogen-bond acceptors (Lipinski definition) is 5. The summed E-state index contributed by atoms with van der Waals surface area (Å²) in [5.74, 6) is -1.22. The van der Waals surface area contributed by atoms with E-state index >= 15 is 0 Å². The number of aromatic nitrogens is 4. The quantitative estimate of drug-likeness (QED) is 0.563. The molecule has 4 heterocycles. The molecule has 1 fully saturated rings. The highest BCUT2D eigenvalue weighted by atomic mass is 35.5. The fraction of sp³-hybridized carbons (Fsp3) is 0.400. The van der Waals surface area contributed by atoms with E-state index in [0.29, 0.717) is 34.1 Å². The van der Waals surface area contributed by atoms with Gasteiger partial charge in [-0.05, 0) is 25.5 Å². The summed E-state index contributed by atoms with van der Waals surface area (Å²) in [7, 11) is 2.02. The number of carboxylic acids is 1. The third kappa shape index (κ3) is 5.46. The average molecular weight is 472 g/mol. The van der Waals surface area contributed by atoms with Crippen LogP contribution < -0.4 is 0 Å². The van der Waals surface area contributed by atoms with Crippen molar-refractivity contribution in [3.63, 3.8) is 0 Å². The number of hydrogen-bond donors (Lipinski definition) is 2. The number of carboxylic acid groups (broad SMARTS) is 1. The molecule has 0 amide bonds. The Morgan fingerprint density at radius 2 is 2.03 bits per heavy atom. The lowest BCUT2D eigenvalue weighted by Crippen LogP contribution is -2.38. The predicted octanol–water partition coefficient (Wildman–Crippen LogP) is 3.65. The third-order valence-electron chi connectivity index (χ3n) is 5.16. The van der Waals surface area contributed by atoms with Crippen LogP contribution in [0.2, 0.25) is 5.02 Å². The molecule has 1 unspecified atom stereocenters. The monoisotopic (exact) mass is 471 g/mol. The lowest BCUT2D eigenvalue weighted by molar-refractivity contribution is -0.192. The number of carbonyl (C=O) groups is 2. The lowest BCUT2D eigenvalue weighted by Gasteiger charge is -2.31. The van der Waals surface area contributed by atoms with E-state index in [-0.39, 0.29) is 5.78 Å². The van der Waals surface area contributed by atoms with Crippen LogP contribution in [-0.2, 0) is 11.8 Å². The normalized spacial score (nSPS) is 17.1. The van der Waals surface area contributed by atoms with E-state index in [1.165, 1.54) is 0 Å². The summed E-state index contributed by atoms with van der Waals surface area (Å²) < 4.78 is 33.8. The summed E-state index contributed by atoms with van der Waals surface area (Å²) in [5.41, 5.74) is 1.27. The van der Waals surface area contributed by atoms with Gasteiger partial charge >= 0.3 is 12.1 Å². The van der Waals surface area contributed by atoms with Gasteiger partial charge in [0.2, 0.25) is 0 Å². The molecule has 0 aliphatic carbocycles. The Hall–Kier alpha value is -2.92. The van der Waals surface area contributed by atoms with Crippen LogP contribution in [-0.4, -0.2) is 67.1 Å². The Labute approximate surface area is 186 Å². The van der Waals surface area contributed by atoms with Crippen molar-refractivity contribution in [1.29, 1.82) is 0 Å². The van der Waals surface area contributed by atoms with Gasteiger partial charge in [0.1, 0.15) is 11.5 Å². The van der Waals surface area contributed by atoms with Gasteiger partial charge in [0.15, 0.2) is 5.78 Å². The Kier molecular flexibility index (Phi) is 7.19. The van der Waals surface area contributed by atoms with E-state index < -0.39 is 12.1 Å². The van der Waals surface area contributed by atoms with Crippen molar-refractivity contribution in [2.24, 2.45) is 7.05 Å². The summed E-state index contributed by atoms with van der Waals surface area (Å²) >= 11 is 6.26. The SMILES string of the molecule is Cn1ccnc1C1CCCN(CC(=O)c2c[nH]c3nccc(Cl)c23)C1.O=C(O)C(F)(F)F. The molecule has 8 nitrogen and oxygen atoms in total. The minimum absolute atomic E-state index is 0.0710. The molecule has 0 spiro atoms. The fourth-order valence-corrected chi connectivity index (χ4v) is 3.95. The number of imidazole rings is 1. The molecule has 172 valence electrons. The van der Waals surface area contributed by atoms with Gasteiger partial charge in [-0.2, -0.15) is 13.2 Å².